The molecule has 1 heterocycles. The zero-order chi connectivity index (χ0) is 18.5. The standard InChI is InChI=1S/C21H26ClN3O/c1-16-12-19(25-10-3-4-11-25)8-9-20(16)23-21(26)15-24(2)14-17-6-5-7-18(22)13-17/h5-9,12-13H,3-4,10-11,14-15H2,1-2H3,(H,23,26). The van der Waals surface area contributed by atoms with Crippen molar-refractivity contribution in [3.8, 4) is 0 Å². The molecule has 1 fully saturated rings. The van der Waals surface area contributed by atoms with E-state index in [0.717, 1.165) is 29.9 Å². The molecule has 138 valence electrons. The SMILES string of the molecule is Cc1cc(N2CCCC2)ccc1NC(=O)CN(C)Cc1cccc(Cl)c1. The number of carbonyl (C=O) groups excluding carboxylic acids is 1. The van der Waals surface area contributed by atoms with Gasteiger partial charge in [0, 0.05) is 36.0 Å². The molecule has 0 unspecified atom stereocenters. The first-order valence-electron chi connectivity index (χ1n) is 9.10. The summed E-state index contributed by atoms with van der Waals surface area (Å²) in [6.07, 6.45) is 2.52. The Morgan fingerprint density at radius 3 is 2.65 bits per heavy atom. The maximum Gasteiger partial charge on any atom is 0.238 e. The third-order valence-corrected chi connectivity index (χ3v) is 4.95. The highest BCUT2D eigenvalue weighted by atomic mass is 35.5. The maximum absolute atomic E-state index is 12.4. The molecule has 26 heavy (non-hydrogen) atoms. The summed E-state index contributed by atoms with van der Waals surface area (Å²) in [5.74, 6) is -0.00782. The first-order valence-corrected chi connectivity index (χ1v) is 9.47. The lowest BCUT2D eigenvalue weighted by Crippen LogP contribution is -2.30. The van der Waals surface area contributed by atoms with Crippen LogP contribution in [-0.4, -0.2) is 37.5 Å². The smallest absolute Gasteiger partial charge is 0.238 e. The van der Waals surface area contributed by atoms with Gasteiger partial charge in [-0.15, -0.1) is 0 Å². The Labute approximate surface area is 160 Å². The lowest BCUT2D eigenvalue weighted by molar-refractivity contribution is -0.117. The number of likely N-dealkylation sites (N-methyl/N-ethyl adjacent to an activating group) is 1. The number of nitrogens with zero attached hydrogens (tertiary/aromatic N) is 2. The van der Waals surface area contributed by atoms with Gasteiger partial charge in [-0.1, -0.05) is 23.7 Å². The topological polar surface area (TPSA) is 35.6 Å². The van der Waals surface area contributed by atoms with E-state index in [-0.39, 0.29) is 5.91 Å². The van der Waals surface area contributed by atoms with Crippen molar-refractivity contribution < 1.29 is 4.79 Å². The predicted octanol–water partition coefficient (Wildman–Crippen LogP) is 4.32. The Bertz CT molecular complexity index is 772. The van der Waals surface area contributed by atoms with E-state index in [1.165, 1.54) is 18.5 Å². The van der Waals surface area contributed by atoms with Gasteiger partial charge in [-0.25, -0.2) is 0 Å². The molecule has 1 N–H and O–H groups in total. The summed E-state index contributed by atoms with van der Waals surface area (Å²) >= 11 is 6.02. The lowest BCUT2D eigenvalue weighted by Gasteiger charge is -2.20. The zero-order valence-corrected chi connectivity index (χ0v) is 16.2. The van der Waals surface area contributed by atoms with Gasteiger partial charge in [-0.3, -0.25) is 9.69 Å². The molecule has 1 amide bonds. The Hall–Kier alpha value is -2.04. The van der Waals surface area contributed by atoms with Gasteiger partial charge in [0.2, 0.25) is 5.91 Å². The van der Waals surface area contributed by atoms with Gasteiger partial charge in [0.05, 0.1) is 6.54 Å². The number of hydrogen-bond donors (Lipinski definition) is 1. The molecule has 1 aliphatic heterocycles. The van der Waals surface area contributed by atoms with Gasteiger partial charge in [0.25, 0.3) is 0 Å². The number of hydrogen-bond acceptors (Lipinski definition) is 3. The Morgan fingerprint density at radius 2 is 1.96 bits per heavy atom. The molecule has 1 saturated heterocycles. The van der Waals surface area contributed by atoms with Crippen LogP contribution in [0.15, 0.2) is 42.5 Å². The monoisotopic (exact) mass is 371 g/mol. The second-order valence-corrected chi connectivity index (χ2v) is 7.48. The number of halogens is 1. The third kappa shape index (κ3) is 4.99. The van der Waals surface area contributed by atoms with E-state index in [9.17, 15) is 4.79 Å². The Kier molecular flexibility index (Phi) is 6.17. The van der Waals surface area contributed by atoms with E-state index in [1.807, 2.05) is 49.2 Å². The number of amides is 1. The molecule has 3 rings (SSSR count). The van der Waals surface area contributed by atoms with Crippen LogP contribution in [0.4, 0.5) is 11.4 Å². The molecule has 0 bridgehead atoms. The van der Waals surface area contributed by atoms with Crippen molar-refractivity contribution in [2.24, 2.45) is 0 Å². The van der Waals surface area contributed by atoms with E-state index >= 15 is 0 Å². The van der Waals surface area contributed by atoms with E-state index in [2.05, 4.69) is 22.3 Å². The van der Waals surface area contributed by atoms with Crippen LogP contribution >= 0.6 is 11.6 Å². The summed E-state index contributed by atoms with van der Waals surface area (Å²) in [7, 11) is 1.93. The number of nitrogens with one attached hydrogen (secondary N) is 1. The molecular formula is C21H26ClN3O. The average Bonchev–Trinajstić information content (AvgIpc) is 3.11. The van der Waals surface area contributed by atoms with Gasteiger partial charge < -0.3 is 10.2 Å². The molecule has 0 spiro atoms. The van der Waals surface area contributed by atoms with E-state index < -0.39 is 0 Å². The van der Waals surface area contributed by atoms with Crippen molar-refractivity contribution >= 4 is 28.9 Å². The minimum Gasteiger partial charge on any atom is -0.372 e. The average molecular weight is 372 g/mol. The van der Waals surface area contributed by atoms with Crippen LogP contribution in [0.1, 0.15) is 24.0 Å². The van der Waals surface area contributed by atoms with Crippen molar-refractivity contribution in [2.45, 2.75) is 26.3 Å². The van der Waals surface area contributed by atoms with Crippen LogP contribution < -0.4 is 10.2 Å². The second-order valence-electron chi connectivity index (χ2n) is 7.04. The van der Waals surface area contributed by atoms with Crippen molar-refractivity contribution in [1.29, 1.82) is 0 Å². The molecular weight excluding hydrogens is 346 g/mol. The van der Waals surface area contributed by atoms with Crippen molar-refractivity contribution in [2.75, 3.05) is 36.9 Å². The number of rotatable bonds is 6. The van der Waals surface area contributed by atoms with Gasteiger partial charge in [0.1, 0.15) is 0 Å². The van der Waals surface area contributed by atoms with Gasteiger partial charge >= 0.3 is 0 Å². The Morgan fingerprint density at radius 1 is 1.19 bits per heavy atom. The minimum atomic E-state index is -0.00782. The molecule has 0 atom stereocenters. The fourth-order valence-electron chi connectivity index (χ4n) is 3.40. The molecule has 5 heteroatoms. The zero-order valence-electron chi connectivity index (χ0n) is 15.5. The molecule has 1 aliphatic rings. The molecule has 0 aromatic heterocycles. The van der Waals surface area contributed by atoms with Crippen molar-refractivity contribution in [3.63, 3.8) is 0 Å². The van der Waals surface area contributed by atoms with Crippen LogP contribution in [-0.2, 0) is 11.3 Å². The molecule has 2 aromatic rings. The highest BCUT2D eigenvalue weighted by Gasteiger charge is 2.14. The summed E-state index contributed by atoms with van der Waals surface area (Å²) in [6.45, 7) is 5.31. The summed E-state index contributed by atoms with van der Waals surface area (Å²) in [5.41, 5.74) is 4.32. The normalized spacial score (nSPS) is 14.1. The molecule has 0 radical (unpaired) electrons. The summed E-state index contributed by atoms with van der Waals surface area (Å²) in [5, 5.41) is 3.75. The Balaban J connectivity index is 1.55. The summed E-state index contributed by atoms with van der Waals surface area (Å²) in [6, 6.07) is 14.0. The predicted molar refractivity (Wildman–Crippen MR) is 109 cm³/mol. The number of benzene rings is 2. The fourth-order valence-corrected chi connectivity index (χ4v) is 3.61. The van der Waals surface area contributed by atoms with Crippen LogP contribution in [0, 0.1) is 6.92 Å². The summed E-state index contributed by atoms with van der Waals surface area (Å²) in [4.78, 5) is 16.8. The largest absolute Gasteiger partial charge is 0.372 e. The van der Waals surface area contributed by atoms with Gasteiger partial charge in [0.15, 0.2) is 0 Å². The third-order valence-electron chi connectivity index (χ3n) is 4.71. The second kappa shape index (κ2) is 8.56. The van der Waals surface area contributed by atoms with Gasteiger partial charge in [-0.2, -0.15) is 0 Å². The van der Waals surface area contributed by atoms with Crippen molar-refractivity contribution in [1.82, 2.24) is 4.90 Å². The molecule has 0 saturated carbocycles. The van der Waals surface area contributed by atoms with Crippen molar-refractivity contribution in [3.05, 3.63) is 58.6 Å². The van der Waals surface area contributed by atoms with Gasteiger partial charge in [-0.05, 0) is 68.3 Å². The quantitative estimate of drug-likeness (QED) is 0.821. The first kappa shape index (κ1) is 18.7. The lowest BCUT2D eigenvalue weighted by atomic mass is 10.1. The summed E-state index contributed by atoms with van der Waals surface area (Å²) < 4.78 is 0. The van der Waals surface area contributed by atoms with E-state index in [1.54, 1.807) is 0 Å². The number of aryl methyl sites for hydroxylation is 1. The number of anilines is 2. The van der Waals surface area contributed by atoms with Crippen LogP contribution in [0.3, 0.4) is 0 Å². The highest BCUT2D eigenvalue weighted by molar-refractivity contribution is 6.30. The van der Waals surface area contributed by atoms with E-state index in [4.69, 9.17) is 11.6 Å². The highest BCUT2D eigenvalue weighted by Crippen LogP contribution is 2.25. The number of carbonyl (C=O) groups is 1. The van der Waals surface area contributed by atoms with Crippen LogP contribution in [0.5, 0.6) is 0 Å². The maximum atomic E-state index is 12.4. The minimum absolute atomic E-state index is 0.00782. The van der Waals surface area contributed by atoms with Crippen LogP contribution in [0.25, 0.3) is 0 Å². The molecule has 2 aromatic carbocycles. The fraction of sp³-hybridized carbons (Fsp3) is 0.381. The molecule has 4 nitrogen and oxygen atoms in total. The van der Waals surface area contributed by atoms with Crippen LogP contribution in [0.2, 0.25) is 5.02 Å². The first-order chi connectivity index (χ1) is 12.5. The van der Waals surface area contributed by atoms with E-state index in [0.29, 0.717) is 18.1 Å². The molecule has 0 aliphatic carbocycles.